The minimum absolute atomic E-state index is 0.0865. The highest BCUT2D eigenvalue weighted by Crippen LogP contribution is 2.42. The van der Waals surface area contributed by atoms with E-state index in [4.69, 9.17) is 11.6 Å². The van der Waals surface area contributed by atoms with Crippen molar-refractivity contribution in [2.45, 2.75) is 35.2 Å². The van der Waals surface area contributed by atoms with Crippen LogP contribution in [0.25, 0.3) is 0 Å². The molecule has 0 unspecified atom stereocenters. The van der Waals surface area contributed by atoms with Gasteiger partial charge in [0.05, 0.1) is 17.8 Å². The minimum atomic E-state index is -0.0952. The molecular formula is C24H19ClN2O2S. The minimum Gasteiger partial charge on any atom is -0.349 e. The standard InChI is InChI=1S/C24H19ClN2O2S/c25-17-5-3-4-15(12-17)14-27-20-13-16(23(28)26-18-9-10-18)8-11-22(20)30-21-7-2-1-6-19(21)24(27)29/h1-8,11-13,18H,9-10,14H2,(H,26,28). The maximum Gasteiger partial charge on any atom is 0.259 e. The summed E-state index contributed by atoms with van der Waals surface area (Å²) in [4.78, 5) is 29.8. The Morgan fingerprint density at radius 3 is 2.67 bits per heavy atom. The van der Waals surface area contributed by atoms with Gasteiger partial charge < -0.3 is 10.2 Å². The molecule has 5 rings (SSSR count). The molecule has 2 aliphatic rings. The number of carbonyl (C=O) groups is 2. The first-order chi connectivity index (χ1) is 14.6. The molecule has 1 aliphatic heterocycles. The predicted molar refractivity (Wildman–Crippen MR) is 119 cm³/mol. The van der Waals surface area contributed by atoms with E-state index in [1.807, 2.05) is 66.7 Å². The number of fused-ring (bicyclic) bond motifs is 2. The number of hydrogen-bond donors (Lipinski definition) is 1. The predicted octanol–water partition coefficient (Wildman–Crippen LogP) is 5.54. The van der Waals surface area contributed by atoms with Gasteiger partial charge in [-0.3, -0.25) is 9.59 Å². The molecule has 150 valence electrons. The fourth-order valence-electron chi connectivity index (χ4n) is 3.53. The summed E-state index contributed by atoms with van der Waals surface area (Å²) in [5.41, 5.74) is 2.89. The Hall–Kier alpha value is -2.76. The molecule has 0 bridgehead atoms. The monoisotopic (exact) mass is 434 g/mol. The third kappa shape index (κ3) is 3.83. The summed E-state index contributed by atoms with van der Waals surface area (Å²) >= 11 is 7.72. The summed E-state index contributed by atoms with van der Waals surface area (Å²) in [6, 6.07) is 21.0. The Morgan fingerprint density at radius 1 is 1.03 bits per heavy atom. The van der Waals surface area contributed by atoms with Crippen molar-refractivity contribution in [1.82, 2.24) is 5.32 Å². The highest BCUT2D eigenvalue weighted by atomic mass is 35.5. The number of nitrogens with zero attached hydrogens (tertiary/aromatic N) is 1. The van der Waals surface area contributed by atoms with Gasteiger partial charge in [0.15, 0.2) is 0 Å². The normalized spacial score (nSPS) is 15.2. The van der Waals surface area contributed by atoms with Gasteiger partial charge >= 0.3 is 0 Å². The van der Waals surface area contributed by atoms with E-state index in [2.05, 4.69) is 5.32 Å². The van der Waals surface area contributed by atoms with E-state index in [-0.39, 0.29) is 17.9 Å². The second-order valence-corrected chi connectivity index (χ2v) is 9.07. The van der Waals surface area contributed by atoms with Gasteiger partial charge in [0.25, 0.3) is 11.8 Å². The summed E-state index contributed by atoms with van der Waals surface area (Å²) in [5.74, 6) is -0.182. The lowest BCUT2D eigenvalue weighted by Crippen LogP contribution is -2.31. The van der Waals surface area contributed by atoms with Crippen molar-refractivity contribution in [2.75, 3.05) is 4.90 Å². The van der Waals surface area contributed by atoms with Crippen LogP contribution in [0.15, 0.2) is 76.5 Å². The highest BCUT2D eigenvalue weighted by molar-refractivity contribution is 7.99. The lowest BCUT2D eigenvalue weighted by atomic mass is 10.1. The van der Waals surface area contributed by atoms with Crippen molar-refractivity contribution in [3.8, 4) is 0 Å². The Labute approximate surface area is 184 Å². The molecule has 0 spiro atoms. The SMILES string of the molecule is O=C(NC1CC1)c1ccc2c(c1)N(Cc1cccc(Cl)c1)C(=O)c1ccccc1S2. The van der Waals surface area contributed by atoms with Crippen molar-refractivity contribution in [3.05, 3.63) is 88.4 Å². The molecule has 4 nitrogen and oxygen atoms in total. The van der Waals surface area contributed by atoms with Crippen LogP contribution >= 0.6 is 23.4 Å². The Kier molecular flexibility index (Phi) is 5.01. The molecule has 3 aromatic carbocycles. The van der Waals surface area contributed by atoms with E-state index in [0.29, 0.717) is 22.7 Å². The van der Waals surface area contributed by atoms with Crippen LogP contribution in [-0.4, -0.2) is 17.9 Å². The maximum absolute atomic E-state index is 13.5. The third-order valence-corrected chi connectivity index (χ3v) is 6.61. The van der Waals surface area contributed by atoms with Crippen molar-refractivity contribution in [3.63, 3.8) is 0 Å². The average Bonchev–Trinajstić information content (AvgIpc) is 3.57. The van der Waals surface area contributed by atoms with Crippen LogP contribution in [0.2, 0.25) is 5.02 Å². The second-order valence-electron chi connectivity index (χ2n) is 7.55. The molecule has 0 radical (unpaired) electrons. The molecule has 1 saturated carbocycles. The zero-order chi connectivity index (χ0) is 20.7. The molecule has 1 N–H and O–H groups in total. The Morgan fingerprint density at radius 2 is 1.87 bits per heavy atom. The first kappa shape index (κ1) is 19.2. The van der Waals surface area contributed by atoms with Crippen LogP contribution in [0, 0.1) is 0 Å². The highest BCUT2D eigenvalue weighted by Gasteiger charge is 2.29. The van der Waals surface area contributed by atoms with Crippen LogP contribution in [0.3, 0.4) is 0 Å². The van der Waals surface area contributed by atoms with Crippen LogP contribution in [0.4, 0.5) is 5.69 Å². The number of halogens is 1. The first-order valence-electron chi connectivity index (χ1n) is 9.86. The van der Waals surface area contributed by atoms with Crippen LogP contribution in [-0.2, 0) is 6.54 Å². The number of carbonyl (C=O) groups excluding carboxylic acids is 2. The second kappa shape index (κ2) is 7.82. The number of nitrogens with one attached hydrogen (secondary N) is 1. The third-order valence-electron chi connectivity index (χ3n) is 5.24. The topological polar surface area (TPSA) is 49.4 Å². The van der Waals surface area contributed by atoms with Gasteiger partial charge in [0.1, 0.15) is 0 Å². The smallest absolute Gasteiger partial charge is 0.259 e. The number of rotatable bonds is 4. The molecule has 2 amide bonds. The largest absolute Gasteiger partial charge is 0.349 e. The van der Waals surface area contributed by atoms with E-state index in [0.717, 1.165) is 33.9 Å². The summed E-state index contributed by atoms with van der Waals surface area (Å²) in [6.45, 7) is 0.370. The molecule has 1 heterocycles. The van der Waals surface area contributed by atoms with Gasteiger partial charge in [-0.2, -0.15) is 0 Å². The zero-order valence-electron chi connectivity index (χ0n) is 16.1. The first-order valence-corrected chi connectivity index (χ1v) is 11.1. The van der Waals surface area contributed by atoms with Crippen LogP contribution in [0.1, 0.15) is 39.1 Å². The lowest BCUT2D eigenvalue weighted by Gasteiger charge is -2.24. The van der Waals surface area contributed by atoms with Crippen molar-refractivity contribution in [2.24, 2.45) is 0 Å². The molecule has 6 heteroatoms. The van der Waals surface area contributed by atoms with Crippen LogP contribution < -0.4 is 10.2 Å². The van der Waals surface area contributed by atoms with Crippen LogP contribution in [0.5, 0.6) is 0 Å². The number of amides is 2. The quantitative estimate of drug-likeness (QED) is 0.586. The summed E-state index contributed by atoms with van der Waals surface area (Å²) < 4.78 is 0. The zero-order valence-corrected chi connectivity index (χ0v) is 17.7. The average molecular weight is 435 g/mol. The van der Waals surface area contributed by atoms with E-state index in [1.54, 1.807) is 16.7 Å². The number of anilines is 1. The molecule has 1 fully saturated rings. The van der Waals surface area contributed by atoms with Gasteiger partial charge in [0.2, 0.25) is 0 Å². The van der Waals surface area contributed by atoms with Crippen molar-refractivity contribution < 1.29 is 9.59 Å². The molecule has 0 saturated heterocycles. The fraction of sp³-hybridized carbons (Fsp3) is 0.167. The van der Waals surface area contributed by atoms with Gasteiger partial charge in [-0.15, -0.1) is 0 Å². The molecule has 3 aromatic rings. The Balaban J connectivity index is 1.59. The van der Waals surface area contributed by atoms with Gasteiger partial charge in [-0.25, -0.2) is 0 Å². The van der Waals surface area contributed by atoms with Crippen molar-refractivity contribution in [1.29, 1.82) is 0 Å². The summed E-state index contributed by atoms with van der Waals surface area (Å²) in [5, 5.41) is 3.65. The van der Waals surface area contributed by atoms with E-state index in [9.17, 15) is 9.59 Å². The van der Waals surface area contributed by atoms with Gasteiger partial charge in [-0.1, -0.05) is 47.6 Å². The van der Waals surface area contributed by atoms with E-state index in [1.165, 1.54) is 0 Å². The van der Waals surface area contributed by atoms with Crippen molar-refractivity contribution >= 4 is 40.9 Å². The summed E-state index contributed by atoms with van der Waals surface area (Å²) in [7, 11) is 0. The fourth-order valence-corrected chi connectivity index (χ4v) is 4.80. The molecule has 0 aromatic heterocycles. The number of hydrogen-bond acceptors (Lipinski definition) is 3. The van der Waals surface area contributed by atoms with Gasteiger partial charge in [-0.05, 0) is 60.9 Å². The maximum atomic E-state index is 13.5. The van der Waals surface area contributed by atoms with E-state index >= 15 is 0 Å². The van der Waals surface area contributed by atoms with E-state index < -0.39 is 0 Å². The van der Waals surface area contributed by atoms with Gasteiger partial charge in [0, 0.05) is 26.4 Å². The number of benzene rings is 3. The molecule has 30 heavy (non-hydrogen) atoms. The lowest BCUT2D eigenvalue weighted by molar-refractivity contribution is 0.0947. The summed E-state index contributed by atoms with van der Waals surface area (Å²) in [6.07, 6.45) is 2.06. The molecule has 1 aliphatic carbocycles. The Bertz CT molecular complexity index is 1160. The molecular weight excluding hydrogens is 416 g/mol. The molecule has 0 atom stereocenters.